The third kappa shape index (κ3) is 6.91. The molecule has 0 saturated carbocycles. The van der Waals surface area contributed by atoms with Crippen molar-refractivity contribution in [2.24, 2.45) is 0 Å². The van der Waals surface area contributed by atoms with Gasteiger partial charge < -0.3 is 14.8 Å². The van der Waals surface area contributed by atoms with Crippen LogP contribution in [0.5, 0.6) is 11.5 Å². The molecule has 5 rings (SSSR count). The summed E-state index contributed by atoms with van der Waals surface area (Å²) in [5.74, 6) is 0.736. The van der Waals surface area contributed by atoms with Crippen molar-refractivity contribution >= 4 is 5.91 Å². The molecular formula is C31H25F3N4O3. The molecule has 0 aliphatic carbocycles. The standard InChI is InChI=1S/C31H25F3N4O3/c1-40-28-8-3-2-7-27(28)23-5-4-6-24(19-23)30(39)35-18-17-21-9-11-22(12-10-21)29-36-20-38(37-29)25-13-15-26(16-14-25)41-31(32,33)34/h2-16,19-20H,17-18H2,1H3,(H,35,39). The maximum atomic E-state index is 12.8. The first kappa shape index (κ1) is 27.4. The van der Waals surface area contributed by atoms with Crippen LogP contribution in [0.15, 0.2) is 103 Å². The number of carbonyl (C=O) groups is 1. The highest BCUT2D eigenvalue weighted by Gasteiger charge is 2.31. The molecule has 1 N–H and O–H groups in total. The number of para-hydroxylation sites is 1. The quantitative estimate of drug-likeness (QED) is 0.224. The minimum absolute atomic E-state index is 0.161. The maximum Gasteiger partial charge on any atom is 0.573 e. The van der Waals surface area contributed by atoms with Gasteiger partial charge in [0.1, 0.15) is 17.8 Å². The van der Waals surface area contributed by atoms with Crippen LogP contribution in [0.25, 0.3) is 28.2 Å². The fourth-order valence-electron chi connectivity index (χ4n) is 4.27. The molecule has 5 aromatic rings. The van der Waals surface area contributed by atoms with Crippen LogP contribution in [-0.2, 0) is 6.42 Å². The summed E-state index contributed by atoms with van der Waals surface area (Å²) in [6, 6.07) is 28.1. The van der Waals surface area contributed by atoms with E-state index in [2.05, 4.69) is 20.1 Å². The molecule has 0 spiro atoms. The molecule has 4 aromatic carbocycles. The Morgan fingerprint density at radius 3 is 2.39 bits per heavy atom. The molecule has 0 bridgehead atoms. The lowest BCUT2D eigenvalue weighted by atomic mass is 10.0. The maximum absolute atomic E-state index is 12.8. The summed E-state index contributed by atoms with van der Waals surface area (Å²) in [7, 11) is 1.62. The van der Waals surface area contributed by atoms with Gasteiger partial charge in [0.15, 0.2) is 5.82 Å². The van der Waals surface area contributed by atoms with Crippen LogP contribution in [0.4, 0.5) is 13.2 Å². The summed E-state index contributed by atoms with van der Waals surface area (Å²) in [6.07, 6.45) is -2.63. The second-order valence-electron chi connectivity index (χ2n) is 9.04. The van der Waals surface area contributed by atoms with Crippen molar-refractivity contribution in [2.45, 2.75) is 12.8 Å². The molecular weight excluding hydrogens is 533 g/mol. The number of rotatable bonds is 9. The van der Waals surface area contributed by atoms with Crippen molar-refractivity contribution in [2.75, 3.05) is 13.7 Å². The number of nitrogens with zero attached hydrogens (tertiary/aromatic N) is 3. The topological polar surface area (TPSA) is 78.3 Å². The Hall–Kier alpha value is -5.12. The Morgan fingerprint density at radius 1 is 0.902 bits per heavy atom. The minimum atomic E-state index is -4.75. The zero-order chi connectivity index (χ0) is 28.8. The predicted octanol–water partition coefficient (Wildman–Crippen LogP) is 6.48. The molecule has 0 saturated heterocycles. The lowest BCUT2D eigenvalue weighted by molar-refractivity contribution is -0.274. The lowest BCUT2D eigenvalue weighted by Gasteiger charge is -2.10. The van der Waals surface area contributed by atoms with Crippen LogP contribution in [0.1, 0.15) is 15.9 Å². The summed E-state index contributed by atoms with van der Waals surface area (Å²) in [6.45, 7) is 0.456. The van der Waals surface area contributed by atoms with E-state index in [0.717, 1.165) is 28.0 Å². The van der Waals surface area contributed by atoms with Crippen LogP contribution in [-0.4, -0.2) is 40.7 Å². The van der Waals surface area contributed by atoms with Gasteiger partial charge in [-0.1, -0.05) is 54.6 Å². The zero-order valence-electron chi connectivity index (χ0n) is 21.9. The molecule has 0 fully saturated rings. The second kappa shape index (κ2) is 12.0. The summed E-state index contributed by atoms with van der Waals surface area (Å²) >= 11 is 0. The summed E-state index contributed by atoms with van der Waals surface area (Å²) in [5.41, 5.74) is 4.72. The fourth-order valence-corrected chi connectivity index (χ4v) is 4.27. The van der Waals surface area contributed by atoms with Gasteiger partial charge in [-0.15, -0.1) is 18.3 Å². The zero-order valence-corrected chi connectivity index (χ0v) is 21.9. The molecule has 1 heterocycles. The van der Waals surface area contributed by atoms with E-state index in [4.69, 9.17) is 4.74 Å². The molecule has 41 heavy (non-hydrogen) atoms. The number of methoxy groups -OCH3 is 1. The number of ether oxygens (including phenoxy) is 2. The Morgan fingerprint density at radius 2 is 1.66 bits per heavy atom. The van der Waals surface area contributed by atoms with E-state index in [9.17, 15) is 18.0 Å². The number of carbonyl (C=O) groups excluding carboxylic acids is 1. The highest BCUT2D eigenvalue weighted by atomic mass is 19.4. The van der Waals surface area contributed by atoms with E-state index in [1.165, 1.54) is 35.3 Å². The van der Waals surface area contributed by atoms with E-state index in [1.807, 2.05) is 66.7 Å². The van der Waals surface area contributed by atoms with Crippen molar-refractivity contribution in [3.05, 3.63) is 115 Å². The molecule has 1 amide bonds. The molecule has 0 radical (unpaired) electrons. The van der Waals surface area contributed by atoms with Gasteiger partial charge in [-0.2, -0.15) is 0 Å². The predicted molar refractivity (Wildman–Crippen MR) is 148 cm³/mol. The number of alkyl halides is 3. The van der Waals surface area contributed by atoms with Gasteiger partial charge >= 0.3 is 6.36 Å². The van der Waals surface area contributed by atoms with Crippen LogP contribution < -0.4 is 14.8 Å². The van der Waals surface area contributed by atoms with Crippen LogP contribution in [0.2, 0.25) is 0 Å². The van der Waals surface area contributed by atoms with E-state index in [-0.39, 0.29) is 11.7 Å². The molecule has 0 unspecified atom stereocenters. The van der Waals surface area contributed by atoms with Crippen LogP contribution in [0.3, 0.4) is 0 Å². The first-order valence-corrected chi connectivity index (χ1v) is 12.7. The van der Waals surface area contributed by atoms with Gasteiger partial charge in [-0.3, -0.25) is 4.79 Å². The number of nitrogens with one attached hydrogen (secondary N) is 1. The average Bonchev–Trinajstić information content (AvgIpc) is 3.47. The van der Waals surface area contributed by atoms with Crippen molar-refractivity contribution in [3.63, 3.8) is 0 Å². The van der Waals surface area contributed by atoms with E-state index >= 15 is 0 Å². The average molecular weight is 559 g/mol. The van der Waals surface area contributed by atoms with E-state index in [0.29, 0.717) is 30.0 Å². The summed E-state index contributed by atoms with van der Waals surface area (Å²) < 4.78 is 47.9. The minimum Gasteiger partial charge on any atom is -0.496 e. The van der Waals surface area contributed by atoms with Gasteiger partial charge in [-0.25, -0.2) is 9.67 Å². The van der Waals surface area contributed by atoms with Gasteiger partial charge in [0.2, 0.25) is 0 Å². The molecule has 208 valence electrons. The van der Waals surface area contributed by atoms with Gasteiger partial charge in [0, 0.05) is 23.2 Å². The van der Waals surface area contributed by atoms with Crippen LogP contribution in [0, 0.1) is 0 Å². The third-order valence-corrected chi connectivity index (χ3v) is 6.28. The SMILES string of the molecule is COc1ccccc1-c1cccc(C(=O)NCCc2ccc(-c3ncn(-c4ccc(OC(F)(F)F)cc4)n3)cc2)c1. The first-order chi connectivity index (χ1) is 19.8. The molecule has 10 heteroatoms. The molecule has 0 aliphatic rings. The van der Waals surface area contributed by atoms with E-state index < -0.39 is 6.36 Å². The van der Waals surface area contributed by atoms with Crippen molar-refractivity contribution < 1.29 is 27.4 Å². The fraction of sp³-hybridized carbons (Fsp3) is 0.129. The molecule has 1 aromatic heterocycles. The summed E-state index contributed by atoms with van der Waals surface area (Å²) in [4.78, 5) is 17.1. The number of hydrogen-bond acceptors (Lipinski definition) is 5. The Kier molecular flexibility index (Phi) is 8.00. The van der Waals surface area contributed by atoms with Gasteiger partial charge in [0.25, 0.3) is 5.91 Å². The van der Waals surface area contributed by atoms with Gasteiger partial charge in [-0.05, 0) is 60.0 Å². The monoisotopic (exact) mass is 558 g/mol. The Bertz CT molecular complexity index is 1630. The third-order valence-electron chi connectivity index (χ3n) is 6.28. The highest BCUT2D eigenvalue weighted by Crippen LogP contribution is 2.30. The largest absolute Gasteiger partial charge is 0.573 e. The number of aromatic nitrogens is 3. The van der Waals surface area contributed by atoms with E-state index in [1.54, 1.807) is 13.2 Å². The van der Waals surface area contributed by atoms with Crippen LogP contribution >= 0.6 is 0 Å². The lowest BCUT2D eigenvalue weighted by Crippen LogP contribution is -2.25. The number of hydrogen-bond donors (Lipinski definition) is 1. The number of halogens is 3. The van der Waals surface area contributed by atoms with Gasteiger partial charge in [0.05, 0.1) is 12.8 Å². The van der Waals surface area contributed by atoms with Crippen molar-refractivity contribution in [1.29, 1.82) is 0 Å². The smallest absolute Gasteiger partial charge is 0.496 e. The Balaban J connectivity index is 1.16. The number of amides is 1. The second-order valence-corrected chi connectivity index (χ2v) is 9.04. The van der Waals surface area contributed by atoms with Crippen molar-refractivity contribution in [1.82, 2.24) is 20.1 Å². The Labute approximate surface area is 234 Å². The number of benzene rings is 4. The summed E-state index contributed by atoms with van der Waals surface area (Å²) in [5, 5.41) is 7.39. The molecule has 0 atom stereocenters. The highest BCUT2D eigenvalue weighted by molar-refractivity contribution is 5.95. The molecule has 0 aliphatic heterocycles. The normalized spacial score (nSPS) is 11.2. The van der Waals surface area contributed by atoms with Crippen molar-refractivity contribution in [3.8, 4) is 39.7 Å². The molecule has 7 nitrogen and oxygen atoms in total. The first-order valence-electron chi connectivity index (χ1n) is 12.7.